The molecule has 38 heavy (non-hydrogen) atoms. The van der Waals surface area contributed by atoms with Gasteiger partial charge in [0.15, 0.2) is 28.7 Å². The first-order valence-electron chi connectivity index (χ1n) is 12.1. The summed E-state index contributed by atoms with van der Waals surface area (Å²) in [6.45, 7) is 6.89. The Morgan fingerprint density at radius 1 is 0.842 bits per heavy atom. The van der Waals surface area contributed by atoms with Gasteiger partial charge in [-0.3, -0.25) is 0 Å². The standard InChI is InChI=1S/C29H26BrNO7/c1-4-34-23-14-10-20(17-26(23)36-6-3)27-31-22(29(33)38-27)15-18-7-13-24(25(16-18)35-5-2)37-28(32)19-8-11-21(30)12-9-19/h7-17H,4-6H2,1-3H3/b22-15-. The van der Waals surface area contributed by atoms with Crippen molar-refractivity contribution in [2.24, 2.45) is 4.99 Å². The van der Waals surface area contributed by atoms with Gasteiger partial charge in [0.1, 0.15) is 0 Å². The molecule has 0 amide bonds. The molecule has 9 heteroatoms. The highest BCUT2D eigenvalue weighted by Crippen LogP contribution is 2.32. The summed E-state index contributed by atoms with van der Waals surface area (Å²) >= 11 is 3.35. The highest BCUT2D eigenvalue weighted by molar-refractivity contribution is 9.10. The molecule has 0 N–H and O–H groups in total. The van der Waals surface area contributed by atoms with Gasteiger partial charge in [0, 0.05) is 10.0 Å². The van der Waals surface area contributed by atoms with Crippen LogP contribution >= 0.6 is 15.9 Å². The highest BCUT2D eigenvalue weighted by Gasteiger charge is 2.25. The largest absolute Gasteiger partial charge is 0.490 e. The maximum atomic E-state index is 12.6. The average molecular weight is 580 g/mol. The zero-order chi connectivity index (χ0) is 27.1. The van der Waals surface area contributed by atoms with Crippen LogP contribution in [-0.2, 0) is 9.53 Å². The van der Waals surface area contributed by atoms with E-state index in [-0.39, 0.29) is 17.3 Å². The maximum Gasteiger partial charge on any atom is 0.363 e. The van der Waals surface area contributed by atoms with Crippen LogP contribution < -0.4 is 18.9 Å². The second-order valence-corrected chi connectivity index (χ2v) is 8.81. The Bertz CT molecular complexity index is 1400. The highest BCUT2D eigenvalue weighted by atomic mass is 79.9. The Labute approximate surface area is 229 Å². The van der Waals surface area contributed by atoms with E-state index < -0.39 is 11.9 Å². The van der Waals surface area contributed by atoms with Crippen LogP contribution in [0.5, 0.6) is 23.0 Å². The molecule has 0 bridgehead atoms. The van der Waals surface area contributed by atoms with E-state index in [1.165, 1.54) is 0 Å². The van der Waals surface area contributed by atoms with Crippen LogP contribution in [0, 0.1) is 0 Å². The summed E-state index contributed by atoms with van der Waals surface area (Å²) in [5.41, 5.74) is 1.72. The van der Waals surface area contributed by atoms with E-state index in [0.717, 1.165) is 4.47 Å². The minimum absolute atomic E-state index is 0.119. The number of carbonyl (C=O) groups excluding carboxylic acids is 2. The Kier molecular flexibility index (Phi) is 8.81. The zero-order valence-electron chi connectivity index (χ0n) is 21.2. The van der Waals surface area contributed by atoms with Crippen molar-refractivity contribution in [1.82, 2.24) is 0 Å². The van der Waals surface area contributed by atoms with Gasteiger partial charge in [-0.25, -0.2) is 14.6 Å². The lowest BCUT2D eigenvalue weighted by Crippen LogP contribution is -2.09. The van der Waals surface area contributed by atoms with Crippen molar-refractivity contribution in [2.75, 3.05) is 19.8 Å². The lowest BCUT2D eigenvalue weighted by atomic mass is 10.1. The van der Waals surface area contributed by atoms with Crippen molar-refractivity contribution in [3.63, 3.8) is 0 Å². The Hall–Kier alpha value is -4.11. The third kappa shape index (κ3) is 6.41. The van der Waals surface area contributed by atoms with Gasteiger partial charge >= 0.3 is 11.9 Å². The molecule has 0 saturated carbocycles. The first-order chi connectivity index (χ1) is 18.4. The lowest BCUT2D eigenvalue weighted by Gasteiger charge is -2.11. The van der Waals surface area contributed by atoms with E-state index in [0.29, 0.717) is 53.8 Å². The number of rotatable bonds is 10. The predicted molar refractivity (Wildman–Crippen MR) is 146 cm³/mol. The van der Waals surface area contributed by atoms with E-state index in [1.54, 1.807) is 66.7 Å². The maximum absolute atomic E-state index is 12.6. The van der Waals surface area contributed by atoms with Gasteiger partial charge in [-0.2, -0.15) is 0 Å². The molecule has 0 unspecified atom stereocenters. The minimum atomic E-state index is -0.587. The molecule has 0 fully saturated rings. The number of carbonyl (C=O) groups is 2. The monoisotopic (exact) mass is 579 g/mol. The second-order valence-electron chi connectivity index (χ2n) is 7.90. The molecule has 1 aliphatic heterocycles. The van der Waals surface area contributed by atoms with Gasteiger partial charge < -0.3 is 23.7 Å². The molecule has 0 spiro atoms. The molecule has 1 heterocycles. The molecule has 0 aromatic heterocycles. The Balaban J connectivity index is 1.58. The number of hydrogen-bond acceptors (Lipinski definition) is 8. The molecule has 3 aromatic rings. The molecular formula is C29H26BrNO7. The Morgan fingerprint density at radius 3 is 2.16 bits per heavy atom. The fourth-order valence-corrected chi connectivity index (χ4v) is 3.85. The summed E-state index contributed by atoms with van der Waals surface area (Å²) < 4.78 is 28.8. The van der Waals surface area contributed by atoms with E-state index in [4.69, 9.17) is 23.7 Å². The minimum Gasteiger partial charge on any atom is -0.490 e. The van der Waals surface area contributed by atoms with E-state index in [2.05, 4.69) is 20.9 Å². The van der Waals surface area contributed by atoms with Gasteiger partial charge in [0.05, 0.1) is 25.4 Å². The number of ether oxygens (including phenoxy) is 5. The molecule has 0 atom stereocenters. The summed E-state index contributed by atoms with van der Waals surface area (Å²) in [6, 6.07) is 17.1. The van der Waals surface area contributed by atoms with Crippen molar-refractivity contribution in [1.29, 1.82) is 0 Å². The Morgan fingerprint density at radius 2 is 1.47 bits per heavy atom. The van der Waals surface area contributed by atoms with Crippen LogP contribution in [0.15, 0.2) is 75.8 Å². The molecule has 0 aliphatic carbocycles. The predicted octanol–water partition coefficient (Wildman–Crippen LogP) is 6.21. The number of aliphatic imine (C=N–C) groups is 1. The molecule has 0 radical (unpaired) electrons. The number of nitrogens with zero attached hydrogens (tertiary/aromatic N) is 1. The average Bonchev–Trinajstić information content (AvgIpc) is 3.27. The smallest absolute Gasteiger partial charge is 0.363 e. The first kappa shape index (κ1) is 26.9. The van der Waals surface area contributed by atoms with Gasteiger partial charge in [0.25, 0.3) is 0 Å². The zero-order valence-corrected chi connectivity index (χ0v) is 22.7. The number of hydrogen-bond donors (Lipinski definition) is 0. The SMILES string of the molecule is CCOc1ccc(C2=N/C(=C\c3ccc(OC(=O)c4ccc(Br)cc4)c(OCC)c3)C(=O)O2)cc1OCC. The first-order valence-corrected chi connectivity index (χ1v) is 12.9. The summed E-state index contributed by atoms with van der Waals surface area (Å²) in [4.78, 5) is 29.5. The quantitative estimate of drug-likeness (QED) is 0.160. The molecule has 1 aliphatic rings. The number of cyclic esters (lactones) is 1. The van der Waals surface area contributed by atoms with Gasteiger partial charge in [0.2, 0.25) is 5.90 Å². The summed E-state index contributed by atoms with van der Waals surface area (Å²) in [5.74, 6) is 0.820. The number of benzene rings is 3. The van der Waals surface area contributed by atoms with Crippen LogP contribution in [-0.4, -0.2) is 37.7 Å². The summed E-state index contributed by atoms with van der Waals surface area (Å²) in [7, 11) is 0. The number of esters is 2. The summed E-state index contributed by atoms with van der Waals surface area (Å²) in [6.07, 6.45) is 1.58. The molecular weight excluding hydrogens is 554 g/mol. The van der Waals surface area contributed by atoms with E-state index >= 15 is 0 Å². The third-order valence-corrected chi connectivity index (χ3v) is 5.79. The van der Waals surface area contributed by atoms with Crippen LogP contribution in [0.2, 0.25) is 0 Å². The van der Waals surface area contributed by atoms with Gasteiger partial charge in [-0.15, -0.1) is 0 Å². The van der Waals surface area contributed by atoms with Crippen molar-refractivity contribution in [2.45, 2.75) is 20.8 Å². The van der Waals surface area contributed by atoms with Crippen LogP contribution in [0.25, 0.3) is 6.08 Å². The fraction of sp³-hybridized carbons (Fsp3) is 0.207. The molecule has 4 rings (SSSR count). The third-order valence-electron chi connectivity index (χ3n) is 5.26. The van der Waals surface area contributed by atoms with Crippen molar-refractivity contribution >= 4 is 39.8 Å². The van der Waals surface area contributed by atoms with Crippen molar-refractivity contribution < 1.29 is 33.3 Å². The lowest BCUT2D eigenvalue weighted by molar-refractivity contribution is -0.129. The number of halogens is 1. The molecule has 0 saturated heterocycles. The fourth-order valence-electron chi connectivity index (χ4n) is 3.59. The van der Waals surface area contributed by atoms with Crippen LogP contribution in [0.4, 0.5) is 0 Å². The summed E-state index contributed by atoms with van der Waals surface area (Å²) in [5, 5.41) is 0. The second kappa shape index (κ2) is 12.4. The topological polar surface area (TPSA) is 92.7 Å². The van der Waals surface area contributed by atoms with Crippen LogP contribution in [0.1, 0.15) is 42.3 Å². The van der Waals surface area contributed by atoms with Gasteiger partial charge in [-0.05, 0) is 87.0 Å². The molecule has 8 nitrogen and oxygen atoms in total. The van der Waals surface area contributed by atoms with E-state index in [1.807, 2.05) is 20.8 Å². The van der Waals surface area contributed by atoms with Crippen molar-refractivity contribution in [3.8, 4) is 23.0 Å². The molecule has 3 aromatic carbocycles. The van der Waals surface area contributed by atoms with Gasteiger partial charge in [-0.1, -0.05) is 22.0 Å². The van der Waals surface area contributed by atoms with Crippen molar-refractivity contribution in [3.05, 3.63) is 87.5 Å². The van der Waals surface area contributed by atoms with E-state index in [9.17, 15) is 9.59 Å². The molecule has 196 valence electrons. The van der Waals surface area contributed by atoms with Crippen LogP contribution in [0.3, 0.4) is 0 Å². The normalized spacial score (nSPS) is 13.6.